The van der Waals surface area contributed by atoms with Crippen molar-refractivity contribution in [3.63, 3.8) is 0 Å². The monoisotopic (exact) mass is 363 g/mol. The van der Waals surface area contributed by atoms with Crippen molar-refractivity contribution in [2.24, 2.45) is 7.05 Å². The number of rotatable bonds is 17. The molecule has 0 aliphatic carbocycles. The van der Waals surface area contributed by atoms with Crippen LogP contribution in [0.5, 0.6) is 0 Å². The van der Waals surface area contributed by atoms with E-state index in [4.69, 9.17) is 4.84 Å². The Hall–Kier alpha value is -0.930. The van der Waals surface area contributed by atoms with Crippen molar-refractivity contribution < 1.29 is 9.40 Å². The first-order valence-electron chi connectivity index (χ1n) is 10.9. The van der Waals surface area contributed by atoms with Crippen LogP contribution in [-0.2, 0) is 18.3 Å². The molecule has 150 valence electrons. The minimum Gasteiger partial charge on any atom is -0.303 e. The molecular weight excluding hydrogens is 320 g/mol. The van der Waals surface area contributed by atoms with Crippen LogP contribution in [-0.4, -0.2) is 25.8 Å². The number of unbranched alkanes of at least 4 members (excludes halogenated alkanes) is 12. The lowest BCUT2D eigenvalue weighted by Gasteiger charge is -2.12. The van der Waals surface area contributed by atoms with Crippen LogP contribution < -0.4 is 4.57 Å². The van der Waals surface area contributed by atoms with E-state index in [0.717, 1.165) is 6.54 Å². The van der Waals surface area contributed by atoms with Crippen LogP contribution in [0.2, 0.25) is 0 Å². The summed E-state index contributed by atoms with van der Waals surface area (Å²) in [7, 11) is 5.85. The lowest BCUT2D eigenvalue weighted by molar-refractivity contribution is -0.671. The quantitative estimate of drug-likeness (QED) is 0.203. The zero-order valence-corrected chi connectivity index (χ0v) is 17.7. The summed E-state index contributed by atoms with van der Waals surface area (Å²) in [6.07, 6.45) is 23.7. The van der Waals surface area contributed by atoms with Crippen molar-refractivity contribution >= 4 is 0 Å². The van der Waals surface area contributed by atoms with Crippen molar-refractivity contribution in [2.75, 3.05) is 20.7 Å². The van der Waals surface area contributed by atoms with E-state index >= 15 is 0 Å². The largest absolute Gasteiger partial charge is 0.303 e. The van der Waals surface area contributed by atoms with Crippen LogP contribution in [0.1, 0.15) is 89.0 Å². The second-order valence-corrected chi connectivity index (χ2v) is 7.76. The fourth-order valence-corrected chi connectivity index (χ4v) is 3.50. The minimum atomic E-state index is 1.06. The lowest BCUT2D eigenvalue weighted by Crippen LogP contribution is -2.26. The molecule has 0 unspecified atom stereocenters. The van der Waals surface area contributed by atoms with Gasteiger partial charge in [0, 0.05) is 25.2 Å². The Morgan fingerprint density at radius 2 is 1.31 bits per heavy atom. The summed E-state index contributed by atoms with van der Waals surface area (Å²) in [5.41, 5.74) is 1.47. The normalized spacial score (nSPS) is 11.4. The zero-order chi connectivity index (χ0) is 18.9. The average Bonchev–Trinajstić information content (AvgIpc) is 2.64. The Morgan fingerprint density at radius 1 is 0.808 bits per heavy atom. The molecule has 26 heavy (non-hydrogen) atoms. The van der Waals surface area contributed by atoms with Crippen LogP contribution in [0.15, 0.2) is 24.5 Å². The first kappa shape index (κ1) is 23.1. The maximum absolute atomic E-state index is 5.12. The number of hydrogen-bond acceptors (Lipinski definition) is 2. The number of hydrogen-bond donors (Lipinski definition) is 0. The molecule has 1 aromatic rings. The van der Waals surface area contributed by atoms with Crippen LogP contribution in [0.4, 0.5) is 0 Å². The van der Waals surface area contributed by atoms with Gasteiger partial charge < -0.3 is 4.84 Å². The highest BCUT2D eigenvalue weighted by atomic mass is 16.7. The molecule has 3 heteroatoms. The van der Waals surface area contributed by atoms with E-state index in [2.05, 4.69) is 36.1 Å². The summed E-state index contributed by atoms with van der Waals surface area (Å²) in [6.45, 7) is 1.06. The summed E-state index contributed by atoms with van der Waals surface area (Å²) in [5.74, 6) is 0. The predicted molar refractivity (Wildman–Crippen MR) is 111 cm³/mol. The number of aromatic nitrogens is 1. The van der Waals surface area contributed by atoms with Crippen molar-refractivity contribution in [1.82, 2.24) is 5.06 Å². The fraction of sp³-hybridized carbons (Fsp3) is 0.783. The van der Waals surface area contributed by atoms with Gasteiger partial charge in [0.15, 0.2) is 12.4 Å². The van der Waals surface area contributed by atoms with Crippen molar-refractivity contribution in [2.45, 2.75) is 89.9 Å². The SMILES string of the molecule is CON(C)CCCCCCCCCCCCCCCc1ccc[n+](C)c1. The second-order valence-electron chi connectivity index (χ2n) is 7.76. The molecule has 0 bridgehead atoms. The molecule has 3 nitrogen and oxygen atoms in total. The molecule has 0 fully saturated rings. The molecule has 0 amide bonds. The third-order valence-corrected chi connectivity index (χ3v) is 5.25. The Morgan fingerprint density at radius 3 is 1.81 bits per heavy atom. The van der Waals surface area contributed by atoms with E-state index in [0.29, 0.717) is 0 Å². The summed E-state index contributed by atoms with van der Waals surface area (Å²) < 4.78 is 2.15. The molecule has 1 heterocycles. The predicted octanol–water partition coefficient (Wildman–Crippen LogP) is 5.62. The molecule has 0 aromatic carbocycles. The second kappa shape index (κ2) is 16.3. The van der Waals surface area contributed by atoms with Crippen molar-refractivity contribution in [3.05, 3.63) is 30.1 Å². The first-order chi connectivity index (χ1) is 12.7. The van der Waals surface area contributed by atoms with Gasteiger partial charge in [-0.1, -0.05) is 70.6 Å². The van der Waals surface area contributed by atoms with Gasteiger partial charge in [-0.05, 0) is 25.3 Å². The van der Waals surface area contributed by atoms with E-state index < -0.39 is 0 Å². The van der Waals surface area contributed by atoms with Gasteiger partial charge in [0.2, 0.25) is 0 Å². The van der Waals surface area contributed by atoms with E-state index in [-0.39, 0.29) is 0 Å². The molecular formula is C23H43N2O+. The number of nitrogens with zero attached hydrogens (tertiary/aromatic N) is 2. The molecule has 0 aliphatic rings. The molecule has 0 atom stereocenters. The van der Waals surface area contributed by atoms with Gasteiger partial charge in [-0.2, -0.15) is 5.06 Å². The summed E-state index contributed by atoms with van der Waals surface area (Å²) in [4.78, 5) is 5.12. The first-order valence-corrected chi connectivity index (χ1v) is 10.9. The molecule has 0 aliphatic heterocycles. The van der Waals surface area contributed by atoms with Crippen molar-refractivity contribution in [3.8, 4) is 0 Å². The van der Waals surface area contributed by atoms with Gasteiger partial charge >= 0.3 is 0 Å². The van der Waals surface area contributed by atoms with Gasteiger partial charge in [0.25, 0.3) is 0 Å². The van der Waals surface area contributed by atoms with E-state index in [9.17, 15) is 0 Å². The third kappa shape index (κ3) is 13.3. The van der Waals surface area contributed by atoms with Crippen LogP contribution in [0.3, 0.4) is 0 Å². The van der Waals surface area contributed by atoms with Crippen molar-refractivity contribution in [1.29, 1.82) is 0 Å². The van der Waals surface area contributed by atoms with Crippen LogP contribution in [0, 0.1) is 0 Å². The van der Waals surface area contributed by atoms with E-state index in [1.165, 1.54) is 95.5 Å². The summed E-state index contributed by atoms with van der Waals surface area (Å²) >= 11 is 0. The number of aryl methyl sites for hydroxylation is 2. The maximum Gasteiger partial charge on any atom is 0.171 e. The Balaban J connectivity index is 1.76. The molecule has 1 aromatic heterocycles. The lowest BCUT2D eigenvalue weighted by atomic mass is 10.0. The summed E-state index contributed by atoms with van der Waals surface area (Å²) in [5, 5.41) is 1.92. The number of pyridine rings is 1. The van der Waals surface area contributed by atoms with Gasteiger partial charge in [-0.15, -0.1) is 0 Å². The maximum atomic E-state index is 5.12. The molecule has 0 spiro atoms. The topological polar surface area (TPSA) is 16.4 Å². The van der Waals surface area contributed by atoms with Gasteiger partial charge in [0.05, 0.1) is 7.11 Å². The Kier molecular flexibility index (Phi) is 14.5. The van der Waals surface area contributed by atoms with Gasteiger partial charge in [-0.25, -0.2) is 4.57 Å². The van der Waals surface area contributed by atoms with E-state index in [1.54, 1.807) is 7.11 Å². The van der Waals surface area contributed by atoms with Gasteiger partial charge in [0.1, 0.15) is 7.05 Å². The molecule has 0 saturated carbocycles. The molecule has 0 radical (unpaired) electrons. The molecule has 1 rings (SSSR count). The van der Waals surface area contributed by atoms with Crippen LogP contribution in [0.25, 0.3) is 0 Å². The smallest absolute Gasteiger partial charge is 0.171 e. The van der Waals surface area contributed by atoms with Gasteiger partial charge in [-0.3, -0.25) is 0 Å². The number of hydroxylamine groups is 2. The Labute approximate surface area is 162 Å². The fourth-order valence-electron chi connectivity index (χ4n) is 3.50. The zero-order valence-electron chi connectivity index (χ0n) is 17.7. The highest BCUT2D eigenvalue weighted by Gasteiger charge is 1.99. The standard InChI is InChI=1S/C23H43N2O/c1-24-20-17-19-23(22-24)18-15-13-11-9-7-5-4-6-8-10-12-14-16-21-25(2)26-3/h17,19-20,22H,4-16,18,21H2,1-3H3/q+1. The highest BCUT2D eigenvalue weighted by Crippen LogP contribution is 2.13. The van der Waals surface area contributed by atoms with E-state index in [1.807, 2.05) is 12.1 Å². The molecule has 0 N–H and O–H groups in total. The van der Waals surface area contributed by atoms with Crippen LogP contribution >= 0.6 is 0 Å². The Bertz CT molecular complexity index is 436. The molecule has 0 saturated heterocycles. The summed E-state index contributed by atoms with van der Waals surface area (Å²) in [6, 6.07) is 4.40. The highest BCUT2D eigenvalue weighted by molar-refractivity contribution is 5.05. The third-order valence-electron chi connectivity index (χ3n) is 5.25. The average molecular weight is 364 g/mol. The minimum absolute atomic E-state index is 1.06.